The van der Waals surface area contributed by atoms with Crippen LogP contribution < -0.4 is 5.63 Å². The highest BCUT2D eigenvalue weighted by molar-refractivity contribution is 5.97. The smallest absolute Gasteiger partial charge is 0.351 e. The minimum atomic E-state index is -0.720. The van der Waals surface area contributed by atoms with Crippen molar-refractivity contribution in [2.24, 2.45) is 0 Å². The van der Waals surface area contributed by atoms with Crippen molar-refractivity contribution < 1.29 is 18.4 Å². The summed E-state index contributed by atoms with van der Waals surface area (Å²) < 4.78 is 15.7. The monoisotopic (exact) mass is 286 g/mol. The molecule has 0 amide bonds. The first-order valence-corrected chi connectivity index (χ1v) is 6.52. The lowest BCUT2D eigenvalue weighted by Gasteiger charge is -2.18. The van der Waals surface area contributed by atoms with Crippen LogP contribution in [0, 0.1) is 0 Å². The minimum absolute atomic E-state index is 0.111. The van der Waals surface area contributed by atoms with Crippen LogP contribution in [0.4, 0.5) is 0 Å². The van der Waals surface area contributed by atoms with Crippen LogP contribution in [0.3, 0.4) is 0 Å². The van der Waals surface area contributed by atoms with Crippen LogP contribution in [-0.4, -0.2) is 11.6 Å². The Balaban J connectivity index is 2.15. The van der Waals surface area contributed by atoms with Crippen molar-refractivity contribution in [1.82, 2.24) is 0 Å². The highest BCUT2D eigenvalue weighted by atomic mass is 16.6. The number of esters is 1. The Morgan fingerprint density at radius 3 is 2.57 bits per heavy atom. The normalized spacial score (nSPS) is 12.0. The maximum atomic E-state index is 12.0. The van der Waals surface area contributed by atoms with Crippen molar-refractivity contribution in [2.75, 3.05) is 0 Å². The molecule has 0 aliphatic heterocycles. The molecule has 0 aliphatic rings. The molecule has 21 heavy (non-hydrogen) atoms. The zero-order valence-electron chi connectivity index (χ0n) is 11.9. The molecular formula is C16H14O5. The number of carbonyl (C=O) groups is 1. The Bertz CT molecular complexity index is 892. The van der Waals surface area contributed by atoms with Crippen LogP contribution in [0.15, 0.2) is 44.2 Å². The third-order valence-electron chi connectivity index (χ3n) is 2.93. The van der Waals surface area contributed by atoms with E-state index < -0.39 is 17.2 Å². The van der Waals surface area contributed by atoms with Crippen LogP contribution in [0.25, 0.3) is 21.9 Å². The van der Waals surface area contributed by atoms with Crippen molar-refractivity contribution in [3.05, 3.63) is 46.5 Å². The van der Waals surface area contributed by atoms with E-state index in [1.165, 1.54) is 6.07 Å². The summed E-state index contributed by atoms with van der Waals surface area (Å²) >= 11 is 0. The van der Waals surface area contributed by atoms with Gasteiger partial charge in [0, 0.05) is 16.8 Å². The Kier molecular flexibility index (Phi) is 2.86. The Hall–Kier alpha value is -2.56. The summed E-state index contributed by atoms with van der Waals surface area (Å²) in [6.07, 6.45) is 1.55. The van der Waals surface area contributed by atoms with Crippen LogP contribution in [-0.2, 0) is 4.74 Å². The molecule has 5 nitrogen and oxygen atoms in total. The zero-order valence-corrected chi connectivity index (χ0v) is 11.9. The molecule has 0 spiro atoms. The van der Waals surface area contributed by atoms with Crippen molar-refractivity contribution in [3.8, 4) is 0 Å². The molecule has 2 heterocycles. The van der Waals surface area contributed by atoms with Gasteiger partial charge in [-0.15, -0.1) is 0 Å². The summed E-state index contributed by atoms with van der Waals surface area (Å²) in [5.41, 5.74) is -0.513. The number of carbonyl (C=O) groups excluding carboxylic acids is 1. The average molecular weight is 286 g/mol. The van der Waals surface area contributed by atoms with E-state index in [1.807, 2.05) is 0 Å². The van der Waals surface area contributed by atoms with Gasteiger partial charge in [0.15, 0.2) is 0 Å². The first-order chi connectivity index (χ1) is 9.83. The maximum absolute atomic E-state index is 12.0. The van der Waals surface area contributed by atoms with Gasteiger partial charge in [-0.1, -0.05) is 0 Å². The molecule has 0 saturated carbocycles. The molecule has 0 bridgehead atoms. The molecule has 0 atom stereocenters. The second-order valence-electron chi connectivity index (χ2n) is 5.80. The van der Waals surface area contributed by atoms with E-state index in [9.17, 15) is 9.59 Å². The Labute approximate surface area is 120 Å². The largest absolute Gasteiger partial charge is 0.464 e. The number of rotatable bonds is 1. The van der Waals surface area contributed by atoms with Crippen LogP contribution >= 0.6 is 0 Å². The molecule has 0 fully saturated rings. The van der Waals surface area contributed by atoms with Gasteiger partial charge in [0.25, 0.3) is 0 Å². The van der Waals surface area contributed by atoms with E-state index in [0.717, 1.165) is 5.39 Å². The Morgan fingerprint density at radius 1 is 1.10 bits per heavy atom. The number of fused-ring (bicyclic) bond motifs is 2. The molecule has 108 valence electrons. The number of ether oxygens (including phenoxy) is 1. The second kappa shape index (κ2) is 4.48. The highest BCUT2D eigenvalue weighted by Crippen LogP contribution is 2.23. The third-order valence-corrected chi connectivity index (χ3v) is 2.93. The van der Waals surface area contributed by atoms with E-state index in [2.05, 4.69) is 0 Å². The van der Waals surface area contributed by atoms with Crippen molar-refractivity contribution >= 4 is 27.9 Å². The van der Waals surface area contributed by atoms with Gasteiger partial charge in [-0.3, -0.25) is 0 Å². The van der Waals surface area contributed by atoms with E-state index in [1.54, 1.807) is 45.2 Å². The number of hydrogen-bond acceptors (Lipinski definition) is 5. The van der Waals surface area contributed by atoms with Gasteiger partial charge in [-0.05, 0) is 39.0 Å². The van der Waals surface area contributed by atoms with Crippen molar-refractivity contribution in [1.29, 1.82) is 0 Å². The quantitative estimate of drug-likeness (QED) is 0.506. The summed E-state index contributed by atoms with van der Waals surface area (Å²) in [5.74, 6) is -0.689. The first kappa shape index (κ1) is 13.4. The topological polar surface area (TPSA) is 69.7 Å². The number of furan rings is 1. The predicted octanol–water partition coefficient (Wildman–Crippen LogP) is 3.49. The van der Waals surface area contributed by atoms with Gasteiger partial charge in [-0.2, -0.15) is 0 Å². The maximum Gasteiger partial charge on any atom is 0.351 e. The van der Waals surface area contributed by atoms with E-state index in [4.69, 9.17) is 13.6 Å². The molecule has 0 N–H and O–H groups in total. The second-order valence-corrected chi connectivity index (χ2v) is 5.80. The minimum Gasteiger partial charge on any atom is -0.464 e. The van der Waals surface area contributed by atoms with Crippen molar-refractivity contribution in [3.63, 3.8) is 0 Å². The SMILES string of the molecule is CC(C)(C)OC(=O)c1cc2cc3ccoc3cc2oc1=O. The lowest BCUT2D eigenvalue weighted by molar-refractivity contribution is 0.00654. The lowest BCUT2D eigenvalue weighted by Crippen LogP contribution is -2.27. The number of benzene rings is 1. The summed E-state index contributed by atoms with van der Waals surface area (Å²) in [4.78, 5) is 24.0. The summed E-state index contributed by atoms with van der Waals surface area (Å²) in [7, 11) is 0. The van der Waals surface area contributed by atoms with E-state index in [-0.39, 0.29) is 5.56 Å². The van der Waals surface area contributed by atoms with Gasteiger partial charge in [0.1, 0.15) is 22.3 Å². The molecule has 0 aliphatic carbocycles. The molecule has 0 radical (unpaired) electrons. The summed E-state index contributed by atoms with van der Waals surface area (Å²) in [6, 6.07) is 6.71. The predicted molar refractivity (Wildman–Crippen MR) is 77.4 cm³/mol. The molecule has 0 unspecified atom stereocenters. The highest BCUT2D eigenvalue weighted by Gasteiger charge is 2.22. The molecule has 1 aromatic carbocycles. The fourth-order valence-electron chi connectivity index (χ4n) is 2.05. The fraction of sp³-hybridized carbons (Fsp3) is 0.250. The van der Waals surface area contributed by atoms with Crippen LogP contribution in [0.2, 0.25) is 0 Å². The lowest BCUT2D eigenvalue weighted by atomic mass is 10.1. The van der Waals surface area contributed by atoms with Crippen LogP contribution in [0.1, 0.15) is 31.1 Å². The van der Waals surface area contributed by atoms with Gasteiger partial charge in [0.05, 0.1) is 6.26 Å². The van der Waals surface area contributed by atoms with E-state index >= 15 is 0 Å². The average Bonchev–Trinajstić information content (AvgIpc) is 2.80. The van der Waals surface area contributed by atoms with Gasteiger partial charge >= 0.3 is 11.6 Å². The third kappa shape index (κ3) is 2.54. The molecular weight excluding hydrogens is 272 g/mol. The molecule has 3 aromatic rings. The van der Waals surface area contributed by atoms with Gasteiger partial charge in [-0.25, -0.2) is 9.59 Å². The molecule has 3 rings (SSSR count). The Morgan fingerprint density at radius 2 is 1.86 bits per heavy atom. The van der Waals surface area contributed by atoms with Crippen LogP contribution in [0.5, 0.6) is 0 Å². The zero-order chi connectivity index (χ0) is 15.2. The summed E-state index contributed by atoms with van der Waals surface area (Å²) in [5, 5.41) is 1.51. The standard InChI is InChI=1S/C16H14O5/c1-16(2,3)21-15(18)11-7-10-6-9-4-5-19-12(9)8-13(10)20-14(11)17/h4-8H,1-3H3. The fourth-order valence-corrected chi connectivity index (χ4v) is 2.05. The number of hydrogen-bond donors (Lipinski definition) is 0. The molecule has 5 heteroatoms. The molecule has 0 saturated heterocycles. The van der Waals surface area contributed by atoms with Crippen molar-refractivity contribution in [2.45, 2.75) is 26.4 Å². The van der Waals surface area contributed by atoms with Gasteiger partial charge < -0.3 is 13.6 Å². The molecule has 2 aromatic heterocycles. The van der Waals surface area contributed by atoms with Gasteiger partial charge in [0.2, 0.25) is 0 Å². The summed E-state index contributed by atoms with van der Waals surface area (Å²) in [6.45, 7) is 5.22. The van der Waals surface area contributed by atoms with E-state index in [0.29, 0.717) is 16.6 Å². The first-order valence-electron chi connectivity index (χ1n) is 6.52.